The molecule has 35 heavy (non-hydrogen) atoms. The zero-order valence-electron chi connectivity index (χ0n) is 19.3. The first kappa shape index (κ1) is 22.9. The molecule has 0 radical (unpaired) electrons. The van der Waals surface area contributed by atoms with E-state index in [4.69, 9.17) is 20.5 Å². The number of rotatable bonds is 7. The summed E-state index contributed by atoms with van der Waals surface area (Å²) in [6.45, 7) is 1.82. The van der Waals surface area contributed by atoms with Crippen LogP contribution in [0.4, 0.5) is 0 Å². The molecule has 5 rings (SSSR count). The van der Waals surface area contributed by atoms with E-state index in [1.165, 1.54) is 7.11 Å². The molecule has 4 N–H and O–H groups in total. The minimum Gasteiger partial charge on any atom is -0.473 e. The quantitative estimate of drug-likeness (QED) is 0.458. The number of H-pyrrole nitrogens is 1. The fraction of sp³-hybridized carbons (Fsp3) is 0.375. The SMILES string of the molecule is COc1nc(OC2CC3(CC(NC(=O)c4c(-c5ccc(C#N)cc5)n[nH]c4C)C3)C2)c(C(N)=O)s1. The Kier molecular flexibility index (Phi) is 5.68. The Morgan fingerprint density at radius 2 is 1.97 bits per heavy atom. The molecule has 0 saturated heterocycles. The molecular weight excluding hydrogens is 468 g/mol. The molecule has 1 aromatic carbocycles. The number of nitrogens with one attached hydrogen (secondary N) is 2. The number of amides is 2. The maximum absolute atomic E-state index is 13.1. The van der Waals surface area contributed by atoms with Crippen molar-refractivity contribution in [3.05, 3.63) is 46.0 Å². The Bertz CT molecular complexity index is 1320. The summed E-state index contributed by atoms with van der Waals surface area (Å²) in [6.07, 6.45) is 3.35. The lowest BCUT2D eigenvalue weighted by Crippen LogP contribution is -2.58. The summed E-state index contributed by atoms with van der Waals surface area (Å²) < 4.78 is 11.0. The van der Waals surface area contributed by atoms with Crippen molar-refractivity contribution in [1.29, 1.82) is 5.26 Å². The molecule has 1 spiro atoms. The van der Waals surface area contributed by atoms with E-state index in [1.807, 2.05) is 6.92 Å². The highest BCUT2D eigenvalue weighted by Gasteiger charge is 2.54. The molecule has 2 aliphatic rings. The summed E-state index contributed by atoms with van der Waals surface area (Å²) in [7, 11) is 1.48. The topological polar surface area (TPSA) is 156 Å². The van der Waals surface area contributed by atoms with Gasteiger partial charge in [-0.1, -0.05) is 23.5 Å². The van der Waals surface area contributed by atoms with Gasteiger partial charge in [-0.25, -0.2) is 0 Å². The molecule has 10 nitrogen and oxygen atoms in total. The van der Waals surface area contributed by atoms with Crippen LogP contribution in [-0.4, -0.2) is 46.3 Å². The Morgan fingerprint density at radius 3 is 2.60 bits per heavy atom. The largest absolute Gasteiger partial charge is 0.473 e. The van der Waals surface area contributed by atoms with E-state index in [-0.39, 0.29) is 34.2 Å². The Hall–Kier alpha value is -3.91. The number of hydrogen-bond donors (Lipinski definition) is 3. The number of aryl methyl sites for hydroxylation is 1. The number of aromatic amines is 1. The van der Waals surface area contributed by atoms with Gasteiger partial charge >= 0.3 is 0 Å². The van der Waals surface area contributed by atoms with Crippen LogP contribution in [0.1, 0.15) is 57.0 Å². The number of nitriles is 1. The summed E-state index contributed by atoms with van der Waals surface area (Å²) in [6, 6.07) is 9.17. The molecule has 0 aliphatic heterocycles. The van der Waals surface area contributed by atoms with E-state index < -0.39 is 5.91 Å². The minimum atomic E-state index is -0.587. The average molecular weight is 493 g/mol. The van der Waals surface area contributed by atoms with Crippen molar-refractivity contribution in [3.63, 3.8) is 0 Å². The minimum absolute atomic E-state index is 0.0457. The number of thiazole rings is 1. The first-order valence-electron chi connectivity index (χ1n) is 11.2. The first-order chi connectivity index (χ1) is 16.8. The second kappa shape index (κ2) is 8.70. The normalized spacial score (nSPS) is 22.5. The first-order valence-corrected chi connectivity index (χ1v) is 12.0. The monoisotopic (exact) mass is 492 g/mol. The molecule has 0 atom stereocenters. The predicted octanol–water partition coefficient (Wildman–Crippen LogP) is 2.94. The zero-order valence-corrected chi connectivity index (χ0v) is 20.1. The zero-order chi connectivity index (χ0) is 24.7. The molecule has 2 aliphatic carbocycles. The van der Waals surface area contributed by atoms with Crippen LogP contribution in [0, 0.1) is 23.7 Å². The summed E-state index contributed by atoms with van der Waals surface area (Å²) in [5.74, 6) is -0.520. The Labute approximate surface area is 205 Å². The van der Waals surface area contributed by atoms with Crippen LogP contribution >= 0.6 is 11.3 Å². The Morgan fingerprint density at radius 1 is 1.26 bits per heavy atom. The fourth-order valence-electron chi connectivity index (χ4n) is 5.05. The number of nitrogens with zero attached hydrogens (tertiary/aromatic N) is 3. The number of nitrogens with two attached hydrogens (primary N) is 1. The van der Waals surface area contributed by atoms with E-state index in [9.17, 15) is 9.59 Å². The van der Waals surface area contributed by atoms with Crippen LogP contribution < -0.4 is 20.5 Å². The second-order valence-corrected chi connectivity index (χ2v) is 10.1. The van der Waals surface area contributed by atoms with Crippen molar-refractivity contribution < 1.29 is 19.1 Å². The molecular formula is C24H24N6O4S. The van der Waals surface area contributed by atoms with Crippen molar-refractivity contribution in [2.24, 2.45) is 11.1 Å². The number of primary amides is 1. The van der Waals surface area contributed by atoms with Crippen LogP contribution in [0.2, 0.25) is 0 Å². The van der Waals surface area contributed by atoms with E-state index in [1.54, 1.807) is 24.3 Å². The van der Waals surface area contributed by atoms with Gasteiger partial charge in [-0.05, 0) is 50.2 Å². The predicted molar refractivity (Wildman–Crippen MR) is 127 cm³/mol. The van der Waals surface area contributed by atoms with Gasteiger partial charge in [0.25, 0.3) is 17.0 Å². The highest BCUT2D eigenvalue weighted by Crippen LogP contribution is 2.57. The maximum Gasteiger partial charge on any atom is 0.277 e. The molecule has 2 amide bonds. The third-order valence-corrected chi connectivity index (χ3v) is 7.74. The van der Waals surface area contributed by atoms with Gasteiger partial charge in [-0.2, -0.15) is 15.3 Å². The summed E-state index contributed by atoms with van der Waals surface area (Å²) in [5, 5.41) is 19.7. The van der Waals surface area contributed by atoms with Crippen molar-refractivity contribution in [1.82, 2.24) is 20.5 Å². The summed E-state index contributed by atoms with van der Waals surface area (Å²) in [4.78, 5) is 29.2. The molecule has 3 aromatic rings. The summed E-state index contributed by atoms with van der Waals surface area (Å²) >= 11 is 1.07. The molecule has 2 heterocycles. The Balaban J connectivity index is 1.17. The van der Waals surface area contributed by atoms with Gasteiger partial charge in [0, 0.05) is 17.3 Å². The second-order valence-electron chi connectivity index (χ2n) is 9.17. The lowest BCUT2D eigenvalue weighted by atomic mass is 9.53. The van der Waals surface area contributed by atoms with E-state index >= 15 is 0 Å². The van der Waals surface area contributed by atoms with Gasteiger partial charge in [0.2, 0.25) is 5.88 Å². The molecule has 2 saturated carbocycles. The fourth-order valence-corrected chi connectivity index (χ4v) is 5.72. The van der Waals surface area contributed by atoms with Gasteiger partial charge in [0.05, 0.1) is 24.3 Å². The number of hydrogen-bond acceptors (Lipinski definition) is 8. The van der Waals surface area contributed by atoms with Crippen LogP contribution in [0.25, 0.3) is 11.3 Å². The van der Waals surface area contributed by atoms with Crippen LogP contribution in [0.5, 0.6) is 11.1 Å². The molecule has 180 valence electrons. The maximum atomic E-state index is 13.1. The van der Waals surface area contributed by atoms with Crippen LogP contribution in [0.3, 0.4) is 0 Å². The van der Waals surface area contributed by atoms with Crippen molar-refractivity contribution in [2.75, 3.05) is 7.11 Å². The van der Waals surface area contributed by atoms with E-state index in [2.05, 4.69) is 26.6 Å². The van der Waals surface area contributed by atoms with Gasteiger partial charge < -0.3 is 20.5 Å². The van der Waals surface area contributed by atoms with Gasteiger partial charge in [-0.15, -0.1) is 0 Å². The smallest absolute Gasteiger partial charge is 0.277 e. The van der Waals surface area contributed by atoms with Crippen molar-refractivity contribution >= 4 is 23.2 Å². The number of carbonyl (C=O) groups is 2. The van der Waals surface area contributed by atoms with Gasteiger partial charge in [0.1, 0.15) is 11.8 Å². The van der Waals surface area contributed by atoms with E-state index in [0.29, 0.717) is 27.7 Å². The third-order valence-electron chi connectivity index (χ3n) is 6.73. The lowest BCUT2D eigenvalue weighted by Gasteiger charge is -2.57. The molecule has 2 aromatic heterocycles. The highest BCUT2D eigenvalue weighted by atomic mass is 32.1. The molecule has 2 fully saturated rings. The molecule has 0 bridgehead atoms. The van der Waals surface area contributed by atoms with E-state index in [0.717, 1.165) is 42.6 Å². The standard InChI is InChI=1S/C24H24N6O4S/c1-12-17(18(30-29-12)14-5-3-13(11-25)4-6-14)21(32)27-15-7-24(8-15)9-16(10-24)34-22-19(20(26)31)35-23(28-22)33-2/h3-6,15-16H,7-10H2,1-2H3,(H2,26,31)(H,27,32)(H,29,30). The number of carbonyl (C=O) groups excluding carboxylic acids is 2. The summed E-state index contributed by atoms with van der Waals surface area (Å²) in [5.41, 5.74) is 8.66. The van der Waals surface area contributed by atoms with Gasteiger partial charge in [0.15, 0.2) is 4.88 Å². The lowest BCUT2D eigenvalue weighted by molar-refractivity contribution is -0.0846. The van der Waals surface area contributed by atoms with Crippen LogP contribution in [0.15, 0.2) is 24.3 Å². The number of aromatic nitrogens is 3. The molecule has 0 unspecified atom stereocenters. The van der Waals surface area contributed by atoms with Crippen molar-refractivity contribution in [2.45, 2.75) is 44.8 Å². The highest BCUT2D eigenvalue weighted by molar-refractivity contribution is 7.15. The average Bonchev–Trinajstić information content (AvgIpc) is 3.39. The number of benzene rings is 1. The number of ether oxygens (including phenoxy) is 2. The number of methoxy groups -OCH3 is 1. The van der Waals surface area contributed by atoms with Crippen LogP contribution in [-0.2, 0) is 0 Å². The van der Waals surface area contributed by atoms with Gasteiger partial charge in [-0.3, -0.25) is 14.7 Å². The van der Waals surface area contributed by atoms with Crippen molar-refractivity contribution in [3.8, 4) is 28.4 Å². The molecule has 11 heteroatoms. The third kappa shape index (κ3) is 4.21.